The van der Waals surface area contributed by atoms with Crippen LogP contribution in [0.2, 0.25) is 0 Å². The van der Waals surface area contributed by atoms with Gasteiger partial charge in [-0.1, -0.05) is 12.1 Å². The first-order chi connectivity index (χ1) is 5.36. The van der Waals surface area contributed by atoms with Gasteiger partial charge in [0.25, 0.3) is 0 Å². The van der Waals surface area contributed by atoms with E-state index in [2.05, 4.69) is 42.9 Å². The molecule has 0 spiro atoms. The molecule has 0 atom stereocenters. The highest BCUT2D eigenvalue weighted by Gasteiger charge is 1.92. The topological polar surface area (TPSA) is 16.6 Å². The van der Waals surface area contributed by atoms with E-state index in [0.717, 1.165) is 6.54 Å². The minimum Gasteiger partial charge on any atom is -0.345 e. The summed E-state index contributed by atoms with van der Waals surface area (Å²) in [5.74, 6) is 0. The zero-order valence-electron chi connectivity index (χ0n) is 7.00. The van der Waals surface area contributed by atoms with Crippen molar-refractivity contribution in [3.8, 4) is 0 Å². The summed E-state index contributed by atoms with van der Waals surface area (Å²) in [5.41, 5.74) is 1.39. The maximum absolute atomic E-state index is 2.19. The Bertz CT molecular complexity index is 205. The lowest BCUT2D eigenvalue weighted by molar-refractivity contribution is -0.643. The predicted octanol–water partition coefficient (Wildman–Crippen LogP) is 1.10. The molecule has 2 N–H and O–H groups in total. The molecule has 0 aliphatic rings. The molecule has 11 heavy (non-hydrogen) atoms. The van der Waals surface area contributed by atoms with Crippen molar-refractivity contribution in [3.05, 3.63) is 29.8 Å². The van der Waals surface area contributed by atoms with Gasteiger partial charge in [-0.15, -0.1) is 11.8 Å². The number of benzene rings is 1. The molecule has 0 radical (unpaired) electrons. The first kappa shape index (κ1) is 8.62. The van der Waals surface area contributed by atoms with Crippen LogP contribution in [0.4, 0.5) is 0 Å². The Kier molecular flexibility index (Phi) is 3.46. The van der Waals surface area contributed by atoms with Crippen LogP contribution >= 0.6 is 11.8 Å². The third-order valence-corrected chi connectivity index (χ3v) is 2.34. The third-order valence-electron chi connectivity index (χ3n) is 1.60. The van der Waals surface area contributed by atoms with Gasteiger partial charge in [0.15, 0.2) is 0 Å². The maximum atomic E-state index is 2.19. The summed E-state index contributed by atoms with van der Waals surface area (Å²) in [7, 11) is 2.09. The van der Waals surface area contributed by atoms with Crippen LogP contribution in [-0.4, -0.2) is 13.3 Å². The van der Waals surface area contributed by atoms with Crippen LogP contribution in [0.1, 0.15) is 5.56 Å². The minimum absolute atomic E-state index is 1.08. The number of thioether (sulfide) groups is 1. The molecule has 2 heteroatoms. The highest BCUT2D eigenvalue weighted by molar-refractivity contribution is 7.98. The number of nitrogens with two attached hydrogens (primary N) is 1. The van der Waals surface area contributed by atoms with Crippen molar-refractivity contribution in [2.24, 2.45) is 0 Å². The summed E-state index contributed by atoms with van der Waals surface area (Å²) in [6.07, 6.45) is 2.10. The number of hydrogen-bond acceptors (Lipinski definition) is 1. The zero-order valence-corrected chi connectivity index (χ0v) is 7.82. The van der Waals surface area contributed by atoms with Crippen LogP contribution < -0.4 is 5.32 Å². The van der Waals surface area contributed by atoms with Crippen molar-refractivity contribution in [1.29, 1.82) is 0 Å². The SMILES string of the molecule is C[NH2+]Cc1ccc(SC)cc1. The lowest BCUT2D eigenvalue weighted by atomic mass is 10.2. The second-order valence-corrected chi connectivity index (χ2v) is 3.34. The number of hydrogen-bond donors (Lipinski definition) is 1. The molecule has 1 aromatic carbocycles. The van der Waals surface area contributed by atoms with Crippen LogP contribution in [0, 0.1) is 0 Å². The lowest BCUT2D eigenvalue weighted by Crippen LogP contribution is -2.77. The fourth-order valence-corrected chi connectivity index (χ4v) is 1.41. The zero-order chi connectivity index (χ0) is 8.10. The molecule has 0 aliphatic carbocycles. The standard InChI is InChI=1S/C9H13NS/c1-10-7-8-3-5-9(11-2)6-4-8/h3-6,10H,7H2,1-2H3/p+1. The van der Waals surface area contributed by atoms with E-state index < -0.39 is 0 Å². The lowest BCUT2D eigenvalue weighted by Gasteiger charge is -1.98. The molecule has 0 amide bonds. The van der Waals surface area contributed by atoms with Crippen molar-refractivity contribution >= 4 is 11.8 Å². The van der Waals surface area contributed by atoms with E-state index in [1.54, 1.807) is 11.8 Å². The van der Waals surface area contributed by atoms with Crippen LogP contribution in [0.15, 0.2) is 29.2 Å². The molecule has 1 rings (SSSR count). The summed E-state index contributed by atoms with van der Waals surface area (Å²) in [4.78, 5) is 1.34. The largest absolute Gasteiger partial charge is 0.345 e. The van der Waals surface area contributed by atoms with E-state index in [4.69, 9.17) is 0 Å². The Morgan fingerprint density at radius 2 is 1.91 bits per heavy atom. The van der Waals surface area contributed by atoms with Crippen LogP contribution in [0.25, 0.3) is 0 Å². The molecular weight excluding hydrogens is 154 g/mol. The van der Waals surface area contributed by atoms with E-state index in [0.29, 0.717) is 0 Å². The highest BCUT2D eigenvalue weighted by atomic mass is 32.2. The molecule has 0 aromatic heterocycles. The highest BCUT2D eigenvalue weighted by Crippen LogP contribution is 2.13. The van der Waals surface area contributed by atoms with Gasteiger partial charge in [-0.25, -0.2) is 0 Å². The van der Waals surface area contributed by atoms with E-state index in [-0.39, 0.29) is 0 Å². The fourth-order valence-electron chi connectivity index (χ4n) is 0.997. The summed E-state index contributed by atoms with van der Waals surface area (Å²) >= 11 is 1.79. The molecule has 0 saturated heterocycles. The average Bonchev–Trinajstić information content (AvgIpc) is 2.07. The van der Waals surface area contributed by atoms with E-state index >= 15 is 0 Å². The molecule has 0 heterocycles. The van der Waals surface area contributed by atoms with E-state index in [1.807, 2.05) is 0 Å². The van der Waals surface area contributed by atoms with Gasteiger partial charge in [-0.2, -0.15) is 0 Å². The van der Waals surface area contributed by atoms with E-state index in [9.17, 15) is 0 Å². The van der Waals surface area contributed by atoms with Gasteiger partial charge in [-0.3, -0.25) is 0 Å². The van der Waals surface area contributed by atoms with Gasteiger partial charge >= 0.3 is 0 Å². The van der Waals surface area contributed by atoms with E-state index in [1.165, 1.54) is 10.5 Å². The Labute approximate surface area is 72.2 Å². The molecule has 0 saturated carbocycles. The average molecular weight is 168 g/mol. The fraction of sp³-hybridized carbons (Fsp3) is 0.333. The van der Waals surface area contributed by atoms with Gasteiger partial charge in [0.05, 0.1) is 7.05 Å². The van der Waals surface area contributed by atoms with Crippen LogP contribution in [-0.2, 0) is 6.54 Å². The van der Waals surface area contributed by atoms with Gasteiger partial charge in [0, 0.05) is 10.5 Å². The molecule has 0 aliphatic heterocycles. The summed E-state index contributed by atoms with van der Waals surface area (Å²) < 4.78 is 0. The molecule has 1 aromatic rings. The van der Waals surface area contributed by atoms with Crippen LogP contribution in [0.3, 0.4) is 0 Å². The van der Waals surface area contributed by atoms with Crippen molar-refractivity contribution < 1.29 is 5.32 Å². The first-order valence-electron chi connectivity index (χ1n) is 3.77. The summed E-state index contributed by atoms with van der Waals surface area (Å²) in [6, 6.07) is 8.71. The first-order valence-corrected chi connectivity index (χ1v) is 5.00. The maximum Gasteiger partial charge on any atom is 0.101 e. The van der Waals surface area contributed by atoms with Gasteiger partial charge in [0.2, 0.25) is 0 Å². The van der Waals surface area contributed by atoms with Crippen LogP contribution in [0.5, 0.6) is 0 Å². The second kappa shape index (κ2) is 4.42. The molecule has 0 fully saturated rings. The Morgan fingerprint density at radius 3 is 2.36 bits per heavy atom. The summed E-state index contributed by atoms with van der Waals surface area (Å²) in [5, 5.41) is 2.17. The van der Waals surface area contributed by atoms with Crippen molar-refractivity contribution in [2.75, 3.05) is 13.3 Å². The smallest absolute Gasteiger partial charge is 0.101 e. The Morgan fingerprint density at radius 1 is 1.27 bits per heavy atom. The van der Waals surface area contributed by atoms with Crippen molar-refractivity contribution in [3.63, 3.8) is 0 Å². The Hall–Kier alpha value is -0.470. The number of rotatable bonds is 3. The van der Waals surface area contributed by atoms with Gasteiger partial charge < -0.3 is 5.32 Å². The molecule has 1 nitrogen and oxygen atoms in total. The normalized spacial score (nSPS) is 10.0. The van der Waals surface area contributed by atoms with Gasteiger partial charge in [0.1, 0.15) is 6.54 Å². The molecule has 60 valence electrons. The van der Waals surface area contributed by atoms with Crippen molar-refractivity contribution in [1.82, 2.24) is 0 Å². The van der Waals surface area contributed by atoms with Gasteiger partial charge in [-0.05, 0) is 18.4 Å². The Balaban J connectivity index is 2.66. The summed E-state index contributed by atoms with van der Waals surface area (Å²) in [6.45, 7) is 1.08. The quantitative estimate of drug-likeness (QED) is 0.669. The molecule has 0 bridgehead atoms. The third kappa shape index (κ3) is 2.56. The minimum atomic E-state index is 1.08. The second-order valence-electron chi connectivity index (χ2n) is 2.46. The molecular formula is C9H14NS+. The number of quaternary nitrogens is 1. The molecule has 0 unspecified atom stereocenters. The predicted molar refractivity (Wildman–Crippen MR) is 49.8 cm³/mol. The van der Waals surface area contributed by atoms with Crippen molar-refractivity contribution in [2.45, 2.75) is 11.4 Å². The monoisotopic (exact) mass is 168 g/mol.